The van der Waals surface area contributed by atoms with Crippen molar-refractivity contribution >= 4 is 22.8 Å². The SMILES string of the molecule is CN(c1ncnc2[nH]ccc12)C1CN(C(=O)CC#N)CCC1(C)O. The number of aromatic amines is 1. The highest BCUT2D eigenvalue weighted by Gasteiger charge is 2.42. The van der Waals surface area contributed by atoms with Gasteiger partial charge in [0, 0.05) is 26.3 Å². The molecule has 1 amide bonds. The van der Waals surface area contributed by atoms with E-state index in [0.29, 0.717) is 25.3 Å². The Balaban J connectivity index is 1.91. The fourth-order valence-electron chi connectivity index (χ4n) is 3.26. The fraction of sp³-hybridized carbons (Fsp3) is 0.500. The minimum Gasteiger partial charge on any atom is -0.388 e. The number of likely N-dealkylation sites (N-methyl/N-ethyl adjacent to an activating group) is 1. The number of amides is 1. The molecule has 2 aromatic rings. The molecule has 126 valence electrons. The Bertz CT molecular complexity index is 793. The van der Waals surface area contributed by atoms with E-state index in [1.54, 1.807) is 18.0 Å². The van der Waals surface area contributed by atoms with Crippen LogP contribution in [-0.4, -0.2) is 62.6 Å². The second-order valence-electron chi connectivity index (χ2n) is 6.35. The third-order valence-corrected chi connectivity index (χ3v) is 4.72. The molecule has 24 heavy (non-hydrogen) atoms. The van der Waals surface area contributed by atoms with E-state index in [1.807, 2.05) is 24.1 Å². The number of likely N-dealkylation sites (tertiary alicyclic amines) is 1. The minimum absolute atomic E-state index is 0.145. The molecule has 8 heteroatoms. The molecular formula is C16H20N6O2. The summed E-state index contributed by atoms with van der Waals surface area (Å²) in [4.78, 5) is 27.2. The van der Waals surface area contributed by atoms with Gasteiger partial charge in [-0.15, -0.1) is 0 Å². The number of anilines is 1. The van der Waals surface area contributed by atoms with E-state index in [2.05, 4.69) is 15.0 Å². The number of carbonyl (C=O) groups excluding carboxylic acids is 1. The van der Waals surface area contributed by atoms with Crippen molar-refractivity contribution in [1.29, 1.82) is 5.26 Å². The molecular weight excluding hydrogens is 308 g/mol. The van der Waals surface area contributed by atoms with Crippen LogP contribution in [-0.2, 0) is 4.79 Å². The van der Waals surface area contributed by atoms with Gasteiger partial charge in [0.15, 0.2) is 0 Å². The maximum atomic E-state index is 12.1. The average molecular weight is 328 g/mol. The van der Waals surface area contributed by atoms with Crippen LogP contribution in [0.25, 0.3) is 11.0 Å². The molecule has 1 aliphatic heterocycles. The molecule has 2 unspecified atom stereocenters. The summed E-state index contributed by atoms with van der Waals surface area (Å²) in [7, 11) is 1.85. The number of aliphatic hydroxyl groups is 1. The van der Waals surface area contributed by atoms with Gasteiger partial charge in [0.1, 0.15) is 24.2 Å². The second kappa shape index (κ2) is 6.09. The highest BCUT2D eigenvalue weighted by atomic mass is 16.3. The van der Waals surface area contributed by atoms with Crippen LogP contribution in [0.4, 0.5) is 5.82 Å². The molecule has 0 aromatic carbocycles. The van der Waals surface area contributed by atoms with Gasteiger partial charge in [0.25, 0.3) is 0 Å². The van der Waals surface area contributed by atoms with E-state index in [4.69, 9.17) is 5.26 Å². The van der Waals surface area contributed by atoms with E-state index in [1.165, 1.54) is 6.33 Å². The normalized spacial score (nSPS) is 23.9. The van der Waals surface area contributed by atoms with Gasteiger partial charge in [0.05, 0.1) is 23.1 Å². The first-order valence-electron chi connectivity index (χ1n) is 7.82. The highest BCUT2D eigenvalue weighted by Crippen LogP contribution is 2.31. The quantitative estimate of drug-likeness (QED) is 0.856. The van der Waals surface area contributed by atoms with Crippen LogP contribution in [0.3, 0.4) is 0 Å². The summed E-state index contributed by atoms with van der Waals surface area (Å²) in [6.07, 6.45) is 3.56. The lowest BCUT2D eigenvalue weighted by molar-refractivity contribution is -0.134. The summed E-state index contributed by atoms with van der Waals surface area (Å²) in [5.74, 6) is 0.488. The van der Waals surface area contributed by atoms with Crippen LogP contribution < -0.4 is 4.90 Å². The summed E-state index contributed by atoms with van der Waals surface area (Å²) in [5, 5.41) is 20.4. The molecule has 3 rings (SSSR count). The molecule has 0 saturated carbocycles. The molecule has 1 fully saturated rings. The number of piperidine rings is 1. The van der Waals surface area contributed by atoms with Gasteiger partial charge in [-0.2, -0.15) is 5.26 Å². The smallest absolute Gasteiger partial charge is 0.236 e. The van der Waals surface area contributed by atoms with E-state index in [9.17, 15) is 9.90 Å². The van der Waals surface area contributed by atoms with Crippen LogP contribution in [0.15, 0.2) is 18.6 Å². The molecule has 0 spiro atoms. The molecule has 2 atom stereocenters. The molecule has 1 saturated heterocycles. The van der Waals surface area contributed by atoms with Crippen LogP contribution in [0.5, 0.6) is 0 Å². The number of aromatic nitrogens is 3. The summed E-state index contributed by atoms with van der Waals surface area (Å²) in [5.41, 5.74) is -0.245. The van der Waals surface area contributed by atoms with E-state index in [0.717, 1.165) is 11.0 Å². The van der Waals surface area contributed by atoms with Crippen molar-refractivity contribution in [3.05, 3.63) is 18.6 Å². The molecule has 0 aliphatic carbocycles. The maximum absolute atomic E-state index is 12.1. The van der Waals surface area contributed by atoms with E-state index in [-0.39, 0.29) is 18.4 Å². The Morgan fingerprint density at radius 1 is 1.62 bits per heavy atom. The number of fused-ring (bicyclic) bond motifs is 1. The summed E-state index contributed by atoms with van der Waals surface area (Å²) >= 11 is 0. The predicted molar refractivity (Wildman–Crippen MR) is 88.1 cm³/mol. The van der Waals surface area contributed by atoms with Crippen LogP contribution in [0.1, 0.15) is 19.8 Å². The van der Waals surface area contributed by atoms with Crippen LogP contribution >= 0.6 is 0 Å². The van der Waals surface area contributed by atoms with Crippen molar-refractivity contribution in [2.24, 2.45) is 0 Å². The first-order valence-corrected chi connectivity index (χ1v) is 7.82. The average Bonchev–Trinajstić information content (AvgIpc) is 3.02. The number of rotatable bonds is 3. The number of nitrogens with zero attached hydrogens (tertiary/aromatic N) is 5. The zero-order chi connectivity index (χ0) is 17.3. The molecule has 8 nitrogen and oxygen atoms in total. The van der Waals surface area contributed by atoms with E-state index < -0.39 is 5.60 Å². The van der Waals surface area contributed by atoms with Gasteiger partial charge in [0.2, 0.25) is 5.91 Å². The second-order valence-corrected chi connectivity index (χ2v) is 6.35. The molecule has 2 aromatic heterocycles. The Morgan fingerprint density at radius 3 is 3.17 bits per heavy atom. The number of H-pyrrole nitrogens is 1. The first-order chi connectivity index (χ1) is 11.4. The topological polar surface area (TPSA) is 109 Å². The number of carbonyl (C=O) groups is 1. The Hall–Kier alpha value is -2.66. The third-order valence-electron chi connectivity index (χ3n) is 4.72. The van der Waals surface area contributed by atoms with Crippen LogP contribution in [0.2, 0.25) is 0 Å². The van der Waals surface area contributed by atoms with Gasteiger partial charge in [-0.1, -0.05) is 0 Å². The number of nitrogens with one attached hydrogen (secondary N) is 1. The lowest BCUT2D eigenvalue weighted by Crippen LogP contribution is -2.61. The minimum atomic E-state index is -0.967. The third kappa shape index (κ3) is 2.78. The summed E-state index contributed by atoms with van der Waals surface area (Å²) < 4.78 is 0. The van der Waals surface area contributed by atoms with Gasteiger partial charge in [-0.25, -0.2) is 9.97 Å². The number of hydrogen-bond donors (Lipinski definition) is 2. The zero-order valence-electron chi connectivity index (χ0n) is 13.7. The Morgan fingerprint density at radius 2 is 2.42 bits per heavy atom. The predicted octanol–water partition coefficient (Wildman–Crippen LogP) is 0.660. The van der Waals surface area contributed by atoms with Gasteiger partial charge in [-0.3, -0.25) is 4.79 Å². The standard InChI is InChI=1S/C16H20N6O2/c1-16(24)5-8-22(13(23)3-6-17)9-12(16)21(2)15-11-4-7-18-14(11)19-10-20-15/h4,7,10,12,24H,3,5,8-9H2,1-2H3,(H,18,19,20). The van der Waals surface area contributed by atoms with Crippen molar-refractivity contribution < 1.29 is 9.90 Å². The summed E-state index contributed by atoms with van der Waals surface area (Å²) in [6.45, 7) is 2.57. The van der Waals surface area contributed by atoms with Gasteiger partial charge < -0.3 is 19.9 Å². The first kappa shape index (κ1) is 16.2. The molecule has 0 bridgehead atoms. The fourth-order valence-corrected chi connectivity index (χ4v) is 3.26. The van der Waals surface area contributed by atoms with E-state index >= 15 is 0 Å². The van der Waals surface area contributed by atoms with Crippen molar-refractivity contribution in [2.75, 3.05) is 25.0 Å². The zero-order valence-corrected chi connectivity index (χ0v) is 13.7. The largest absolute Gasteiger partial charge is 0.388 e. The molecule has 0 radical (unpaired) electrons. The number of nitriles is 1. The van der Waals surface area contributed by atoms with Gasteiger partial charge in [-0.05, 0) is 19.4 Å². The van der Waals surface area contributed by atoms with Gasteiger partial charge >= 0.3 is 0 Å². The lowest BCUT2D eigenvalue weighted by atomic mass is 9.87. The van der Waals surface area contributed by atoms with Crippen molar-refractivity contribution in [3.63, 3.8) is 0 Å². The lowest BCUT2D eigenvalue weighted by Gasteiger charge is -2.46. The maximum Gasteiger partial charge on any atom is 0.236 e. The summed E-state index contributed by atoms with van der Waals surface area (Å²) in [6, 6.07) is 3.44. The highest BCUT2D eigenvalue weighted by molar-refractivity contribution is 5.87. The van der Waals surface area contributed by atoms with Crippen molar-refractivity contribution in [2.45, 2.75) is 31.4 Å². The number of hydrogen-bond acceptors (Lipinski definition) is 6. The Kier molecular flexibility index (Phi) is 4.11. The van der Waals surface area contributed by atoms with Crippen LogP contribution in [0, 0.1) is 11.3 Å². The Labute approximate surface area is 139 Å². The molecule has 2 N–H and O–H groups in total. The van der Waals surface area contributed by atoms with Crippen molar-refractivity contribution in [3.8, 4) is 6.07 Å². The monoisotopic (exact) mass is 328 g/mol. The molecule has 3 heterocycles. The molecule has 1 aliphatic rings. The van der Waals surface area contributed by atoms with Crippen molar-refractivity contribution in [1.82, 2.24) is 19.9 Å².